The van der Waals surface area contributed by atoms with Gasteiger partial charge in [0.25, 0.3) is 5.91 Å². The quantitative estimate of drug-likeness (QED) is 0.632. The van der Waals surface area contributed by atoms with Crippen LogP contribution in [0.2, 0.25) is 0 Å². The van der Waals surface area contributed by atoms with Crippen molar-refractivity contribution in [1.29, 1.82) is 0 Å². The molecule has 2 aromatic rings. The molecule has 21 heavy (non-hydrogen) atoms. The summed E-state index contributed by atoms with van der Waals surface area (Å²) in [6.45, 7) is 2.76. The lowest BCUT2D eigenvalue weighted by Crippen LogP contribution is -2.12. The number of hydrogen-bond acceptors (Lipinski definition) is 2. The molecule has 0 radical (unpaired) electrons. The number of carbonyl (C=O) groups excluding carboxylic acids is 1. The fourth-order valence-corrected chi connectivity index (χ4v) is 2.64. The fraction of sp³-hybridized carbons (Fsp3) is 0.188. The minimum Gasteiger partial charge on any atom is -0.494 e. The van der Waals surface area contributed by atoms with Gasteiger partial charge in [0.1, 0.15) is 5.75 Å². The summed E-state index contributed by atoms with van der Waals surface area (Å²) in [6.07, 6.45) is 0.971. The molecule has 5 heteroatoms. The summed E-state index contributed by atoms with van der Waals surface area (Å²) in [5.74, 6) is 0.674. The lowest BCUT2D eigenvalue weighted by atomic mass is 10.2. The maximum absolute atomic E-state index is 12.3. The summed E-state index contributed by atoms with van der Waals surface area (Å²) in [6, 6.07) is 13.1. The molecule has 0 heterocycles. The van der Waals surface area contributed by atoms with E-state index in [4.69, 9.17) is 4.74 Å². The van der Waals surface area contributed by atoms with Crippen LogP contribution in [-0.4, -0.2) is 12.5 Å². The third-order valence-corrected chi connectivity index (χ3v) is 4.12. The van der Waals surface area contributed by atoms with Gasteiger partial charge >= 0.3 is 0 Å². The zero-order chi connectivity index (χ0) is 15.2. The number of nitrogens with one attached hydrogen (secondary N) is 1. The van der Waals surface area contributed by atoms with Gasteiger partial charge in [-0.1, -0.05) is 6.92 Å². The molecule has 0 fully saturated rings. The van der Waals surface area contributed by atoms with Crippen LogP contribution in [0, 0.1) is 3.57 Å². The van der Waals surface area contributed by atoms with Gasteiger partial charge in [0, 0.05) is 13.7 Å². The van der Waals surface area contributed by atoms with Gasteiger partial charge in [-0.2, -0.15) is 0 Å². The number of hydrogen-bond donors (Lipinski definition) is 1. The number of carbonyl (C=O) groups is 1. The molecule has 0 unspecified atom stereocenters. The zero-order valence-corrected chi connectivity index (χ0v) is 15.3. The van der Waals surface area contributed by atoms with Crippen molar-refractivity contribution in [2.75, 3.05) is 11.9 Å². The zero-order valence-electron chi connectivity index (χ0n) is 11.5. The Morgan fingerprint density at radius 2 is 1.95 bits per heavy atom. The van der Waals surface area contributed by atoms with E-state index in [2.05, 4.69) is 50.8 Å². The maximum atomic E-state index is 12.3. The molecule has 1 N–H and O–H groups in total. The first kappa shape index (κ1) is 16.3. The van der Waals surface area contributed by atoms with Crippen LogP contribution in [0.1, 0.15) is 23.7 Å². The summed E-state index contributed by atoms with van der Waals surface area (Å²) in [4.78, 5) is 12.3. The normalized spacial score (nSPS) is 10.2. The summed E-state index contributed by atoms with van der Waals surface area (Å²) < 4.78 is 7.31. The van der Waals surface area contributed by atoms with Crippen molar-refractivity contribution in [2.24, 2.45) is 0 Å². The Morgan fingerprint density at radius 3 is 2.62 bits per heavy atom. The number of ether oxygens (including phenoxy) is 1. The predicted molar refractivity (Wildman–Crippen MR) is 97.0 cm³/mol. The third-order valence-electron chi connectivity index (χ3n) is 2.76. The van der Waals surface area contributed by atoms with E-state index in [-0.39, 0.29) is 5.91 Å². The first-order chi connectivity index (χ1) is 10.1. The van der Waals surface area contributed by atoms with Crippen molar-refractivity contribution in [1.82, 2.24) is 0 Å². The fourth-order valence-electron chi connectivity index (χ4n) is 1.72. The van der Waals surface area contributed by atoms with Crippen LogP contribution >= 0.6 is 38.5 Å². The van der Waals surface area contributed by atoms with Crippen molar-refractivity contribution in [2.45, 2.75) is 13.3 Å². The molecule has 0 aromatic heterocycles. The van der Waals surface area contributed by atoms with Gasteiger partial charge in [0.05, 0.1) is 12.2 Å². The number of anilines is 1. The SMILES string of the molecule is CCCOc1ccc(NC(=O)c2cc(I)ccc2Br)cc1. The van der Waals surface area contributed by atoms with E-state index in [1.807, 2.05) is 42.5 Å². The Bertz CT molecular complexity index is 629. The van der Waals surface area contributed by atoms with Gasteiger partial charge in [-0.25, -0.2) is 0 Å². The van der Waals surface area contributed by atoms with Crippen LogP contribution in [0.4, 0.5) is 5.69 Å². The highest BCUT2D eigenvalue weighted by atomic mass is 127. The Hall–Kier alpha value is -1.08. The Balaban J connectivity index is 2.07. The molecule has 2 rings (SSSR count). The van der Waals surface area contributed by atoms with E-state index in [1.165, 1.54) is 0 Å². The van der Waals surface area contributed by atoms with E-state index < -0.39 is 0 Å². The summed E-state index contributed by atoms with van der Waals surface area (Å²) in [5, 5.41) is 2.88. The first-order valence-corrected chi connectivity index (χ1v) is 8.46. The predicted octanol–water partition coefficient (Wildman–Crippen LogP) is 5.09. The Kier molecular flexibility index (Phi) is 6.05. The number of amides is 1. The minimum absolute atomic E-state index is 0.136. The van der Waals surface area contributed by atoms with Crippen LogP contribution < -0.4 is 10.1 Å². The Morgan fingerprint density at radius 1 is 1.24 bits per heavy atom. The standard InChI is InChI=1S/C16H15BrINO2/c1-2-9-21-13-6-4-12(5-7-13)19-16(20)14-10-11(18)3-8-15(14)17/h3-8,10H,2,9H2,1H3,(H,19,20). The molecular formula is C16H15BrINO2. The van der Waals surface area contributed by atoms with E-state index in [9.17, 15) is 4.79 Å². The second-order valence-corrected chi connectivity index (χ2v) is 6.55. The number of rotatable bonds is 5. The van der Waals surface area contributed by atoms with E-state index in [1.54, 1.807) is 0 Å². The molecular weight excluding hydrogens is 445 g/mol. The molecule has 0 aliphatic carbocycles. The smallest absolute Gasteiger partial charge is 0.256 e. The molecule has 0 bridgehead atoms. The van der Waals surface area contributed by atoms with Crippen LogP contribution in [0.3, 0.4) is 0 Å². The highest BCUT2D eigenvalue weighted by molar-refractivity contribution is 14.1. The summed E-state index contributed by atoms with van der Waals surface area (Å²) in [5.41, 5.74) is 1.36. The van der Waals surface area contributed by atoms with Crippen molar-refractivity contribution in [3.05, 3.63) is 56.1 Å². The molecule has 1 amide bonds. The highest BCUT2D eigenvalue weighted by Crippen LogP contribution is 2.22. The summed E-state index contributed by atoms with van der Waals surface area (Å²) >= 11 is 5.59. The largest absolute Gasteiger partial charge is 0.494 e. The molecule has 0 atom stereocenters. The second-order valence-electron chi connectivity index (χ2n) is 4.45. The molecule has 0 aliphatic rings. The molecule has 0 saturated carbocycles. The van der Waals surface area contributed by atoms with Crippen molar-refractivity contribution in [3.8, 4) is 5.75 Å². The van der Waals surface area contributed by atoms with Crippen LogP contribution in [0.25, 0.3) is 0 Å². The average molecular weight is 460 g/mol. The van der Waals surface area contributed by atoms with E-state index in [0.717, 1.165) is 25.9 Å². The number of halogens is 2. The van der Waals surface area contributed by atoms with Crippen LogP contribution in [0.5, 0.6) is 5.75 Å². The van der Waals surface area contributed by atoms with Gasteiger partial charge in [-0.05, 0) is 87.4 Å². The first-order valence-electron chi connectivity index (χ1n) is 6.59. The lowest BCUT2D eigenvalue weighted by molar-refractivity contribution is 0.102. The topological polar surface area (TPSA) is 38.3 Å². The van der Waals surface area contributed by atoms with Crippen molar-refractivity contribution < 1.29 is 9.53 Å². The molecule has 0 aliphatic heterocycles. The van der Waals surface area contributed by atoms with Gasteiger partial charge < -0.3 is 10.1 Å². The average Bonchev–Trinajstić information content (AvgIpc) is 2.49. The molecule has 110 valence electrons. The monoisotopic (exact) mass is 459 g/mol. The molecule has 0 spiro atoms. The molecule has 3 nitrogen and oxygen atoms in total. The van der Waals surface area contributed by atoms with Gasteiger partial charge in [0.15, 0.2) is 0 Å². The van der Waals surface area contributed by atoms with Crippen LogP contribution in [0.15, 0.2) is 46.9 Å². The van der Waals surface area contributed by atoms with Crippen LogP contribution in [-0.2, 0) is 0 Å². The maximum Gasteiger partial charge on any atom is 0.256 e. The van der Waals surface area contributed by atoms with Crippen molar-refractivity contribution >= 4 is 50.1 Å². The summed E-state index contributed by atoms with van der Waals surface area (Å²) in [7, 11) is 0. The van der Waals surface area contributed by atoms with E-state index >= 15 is 0 Å². The Labute approximate surface area is 146 Å². The van der Waals surface area contributed by atoms with E-state index in [0.29, 0.717) is 12.2 Å². The number of benzene rings is 2. The third kappa shape index (κ3) is 4.71. The van der Waals surface area contributed by atoms with Gasteiger partial charge in [-0.15, -0.1) is 0 Å². The van der Waals surface area contributed by atoms with Crippen molar-refractivity contribution in [3.63, 3.8) is 0 Å². The highest BCUT2D eigenvalue weighted by Gasteiger charge is 2.10. The second kappa shape index (κ2) is 7.79. The van der Waals surface area contributed by atoms with Gasteiger partial charge in [-0.3, -0.25) is 4.79 Å². The molecule has 0 saturated heterocycles. The lowest BCUT2D eigenvalue weighted by Gasteiger charge is -2.09. The minimum atomic E-state index is -0.136. The molecule has 2 aromatic carbocycles. The van der Waals surface area contributed by atoms with Gasteiger partial charge in [0.2, 0.25) is 0 Å².